The molecule has 0 amide bonds. The van der Waals surface area contributed by atoms with Gasteiger partial charge in [0.25, 0.3) is 0 Å². The van der Waals surface area contributed by atoms with Gasteiger partial charge < -0.3 is 9.47 Å². The molecule has 4 heteroatoms. The molecule has 3 nitrogen and oxygen atoms in total. The molecule has 0 unspecified atom stereocenters. The number of benzene rings is 1. The van der Waals surface area contributed by atoms with Crippen molar-refractivity contribution in [3.63, 3.8) is 0 Å². The Morgan fingerprint density at radius 2 is 1.81 bits per heavy atom. The fourth-order valence-corrected chi connectivity index (χ4v) is 3.89. The number of hydrogen-bond donors (Lipinski definition) is 0. The van der Waals surface area contributed by atoms with Gasteiger partial charge in [-0.2, -0.15) is 0 Å². The lowest BCUT2D eigenvalue weighted by molar-refractivity contribution is 0.0645. The quantitative estimate of drug-likeness (QED) is 0.613. The van der Waals surface area contributed by atoms with E-state index < -0.39 is 20.6 Å². The number of cyclic esters (lactones) is 2. The molecule has 1 fully saturated rings. The minimum Gasteiger partial charge on any atom is -0.424 e. The molecule has 0 aromatic heterocycles. The van der Waals surface area contributed by atoms with Crippen LogP contribution in [0.25, 0.3) is 0 Å². The molecule has 0 saturated carbocycles. The first kappa shape index (κ1) is 16.1. The van der Waals surface area contributed by atoms with Crippen molar-refractivity contribution in [1.82, 2.24) is 0 Å². The highest BCUT2D eigenvalue weighted by Crippen LogP contribution is 2.38. The standard InChI is InChI=1S/C17H25O3Si/c1-16(2,3)11-8-9-12(13(10-11)21(6)7)14-17(4,5)20-15(18)19-14/h8-10,14H,1-7H3/t14-/m1/s1. The van der Waals surface area contributed by atoms with E-state index >= 15 is 0 Å². The van der Waals surface area contributed by atoms with Crippen LogP contribution in [0, 0.1) is 0 Å². The predicted molar refractivity (Wildman–Crippen MR) is 86.6 cm³/mol. The summed E-state index contributed by atoms with van der Waals surface area (Å²) >= 11 is 0. The summed E-state index contributed by atoms with van der Waals surface area (Å²) in [5, 5.41) is 1.32. The minimum atomic E-state index is -0.674. The van der Waals surface area contributed by atoms with Crippen LogP contribution in [0.3, 0.4) is 0 Å². The van der Waals surface area contributed by atoms with E-state index in [9.17, 15) is 4.79 Å². The van der Waals surface area contributed by atoms with Crippen molar-refractivity contribution >= 4 is 20.1 Å². The molecule has 0 aliphatic carbocycles. The Labute approximate surface area is 129 Å². The van der Waals surface area contributed by atoms with Gasteiger partial charge in [0, 0.05) is 0 Å². The zero-order valence-electron chi connectivity index (χ0n) is 14.0. The van der Waals surface area contributed by atoms with E-state index in [4.69, 9.17) is 9.47 Å². The third-order valence-corrected chi connectivity index (χ3v) is 5.44. The molecular formula is C17H25O3Si. The third kappa shape index (κ3) is 3.15. The van der Waals surface area contributed by atoms with Crippen LogP contribution in [0.4, 0.5) is 4.79 Å². The molecule has 1 aromatic rings. The molecule has 21 heavy (non-hydrogen) atoms. The van der Waals surface area contributed by atoms with Crippen LogP contribution >= 0.6 is 0 Å². The van der Waals surface area contributed by atoms with E-state index in [1.54, 1.807) is 0 Å². The maximum Gasteiger partial charge on any atom is 0.509 e. The van der Waals surface area contributed by atoms with E-state index in [1.165, 1.54) is 10.8 Å². The van der Waals surface area contributed by atoms with E-state index in [2.05, 4.69) is 52.1 Å². The molecule has 115 valence electrons. The third-order valence-electron chi connectivity index (χ3n) is 3.93. The Kier molecular flexibility index (Phi) is 3.95. The second-order valence-corrected chi connectivity index (χ2v) is 10.0. The van der Waals surface area contributed by atoms with Crippen molar-refractivity contribution in [3.8, 4) is 0 Å². The van der Waals surface area contributed by atoms with Crippen LogP contribution < -0.4 is 5.19 Å². The average molecular weight is 305 g/mol. The number of hydrogen-bond acceptors (Lipinski definition) is 3. The van der Waals surface area contributed by atoms with Crippen LogP contribution in [-0.4, -0.2) is 20.6 Å². The van der Waals surface area contributed by atoms with Crippen molar-refractivity contribution in [3.05, 3.63) is 29.3 Å². The molecule has 0 N–H and O–H groups in total. The highest BCUT2D eigenvalue weighted by molar-refractivity contribution is 6.71. The SMILES string of the molecule is C[Si](C)c1cc(C(C)(C)C)ccc1[C@H]1OC(=O)OC1(C)C. The number of rotatable bonds is 2. The largest absolute Gasteiger partial charge is 0.509 e. The van der Waals surface area contributed by atoms with Gasteiger partial charge in [-0.3, -0.25) is 0 Å². The minimum absolute atomic E-state index is 0.114. The Bertz CT molecular complexity index is 556. The molecule has 1 atom stereocenters. The van der Waals surface area contributed by atoms with Gasteiger partial charge in [-0.15, -0.1) is 0 Å². The van der Waals surface area contributed by atoms with Crippen LogP contribution in [-0.2, 0) is 14.9 Å². The van der Waals surface area contributed by atoms with Gasteiger partial charge in [0.1, 0.15) is 0 Å². The second-order valence-electron chi connectivity index (χ2n) is 7.51. The van der Waals surface area contributed by atoms with Gasteiger partial charge >= 0.3 is 6.16 Å². The Balaban J connectivity index is 2.52. The van der Waals surface area contributed by atoms with Crippen LogP contribution in [0.15, 0.2) is 18.2 Å². The van der Waals surface area contributed by atoms with Gasteiger partial charge in [-0.25, -0.2) is 4.79 Å². The van der Waals surface area contributed by atoms with Crippen LogP contribution in [0.1, 0.15) is 51.8 Å². The molecule has 1 aliphatic rings. The fraction of sp³-hybridized carbons (Fsp3) is 0.588. The smallest absolute Gasteiger partial charge is 0.424 e. The number of carbonyl (C=O) groups is 1. The van der Waals surface area contributed by atoms with Gasteiger partial charge in [0.15, 0.2) is 11.7 Å². The molecule has 0 bridgehead atoms. The van der Waals surface area contributed by atoms with Crippen molar-refractivity contribution in [2.75, 3.05) is 0 Å². The van der Waals surface area contributed by atoms with E-state index in [0.29, 0.717) is 0 Å². The molecule has 1 aromatic carbocycles. The molecule has 1 aliphatic heterocycles. The van der Waals surface area contributed by atoms with E-state index in [-0.39, 0.29) is 11.5 Å². The van der Waals surface area contributed by atoms with Crippen LogP contribution in [0.2, 0.25) is 13.1 Å². The molecule has 1 saturated heterocycles. The summed E-state index contributed by atoms with van der Waals surface area (Å²) in [6.07, 6.45) is -0.897. The lowest BCUT2D eigenvalue weighted by Crippen LogP contribution is -2.35. The Hall–Kier alpha value is -1.29. The van der Waals surface area contributed by atoms with E-state index in [1.807, 2.05) is 13.8 Å². The lowest BCUT2D eigenvalue weighted by Gasteiger charge is -2.27. The highest BCUT2D eigenvalue weighted by atomic mass is 28.3. The molecule has 0 spiro atoms. The van der Waals surface area contributed by atoms with Gasteiger partial charge in [0.2, 0.25) is 0 Å². The summed E-state index contributed by atoms with van der Waals surface area (Å²) in [5.41, 5.74) is 1.91. The topological polar surface area (TPSA) is 35.5 Å². The van der Waals surface area contributed by atoms with Gasteiger partial charge in [-0.1, -0.05) is 57.3 Å². The van der Waals surface area contributed by atoms with Crippen molar-refractivity contribution in [2.24, 2.45) is 0 Å². The Morgan fingerprint density at radius 1 is 1.19 bits per heavy atom. The first-order valence-corrected chi connectivity index (χ1v) is 9.87. The summed E-state index contributed by atoms with van der Waals surface area (Å²) in [6.45, 7) is 15.0. The lowest BCUT2D eigenvalue weighted by atomic mass is 9.85. The summed E-state index contributed by atoms with van der Waals surface area (Å²) in [7, 11) is -0.674. The molecular weight excluding hydrogens is 280 g/mol. The van der Waals surface area contributed by atoms with Crippen LogP contribution in [0.5, 0.6) is 0 Å². The van der Waals surface area contributed by atoms with Crippen molar-refractivity contribution in [1.29, 1.82) is 0 Å². The van der Waals surface area contributed by atoms with Gasteiger partial charge in [0.05, 0.1) is 8.80 Å². The summed E-state index contributed by atoms with van der Waals surface area (Å²) in [6, 6.07) is 6.54. The maximum atomic E-state index is 11.5. The summed E-state index contributed by atoms with van der Waals surface area (Å²) in [4.78, 5) is 11.5. The van der Waals surface area contributed by atoms with Crippen molar-refractivity contribution in [2.45, 2.75) is 64.8 Å². The zero-order chi connectivity index (χ0) is 16.0. The monoisotopic (exact) mass is 305 g/mol. The summed E-state index contributed by atoms with van der Waals surface area (Å²) < 4.78 is 10.7. The molecule has 1 heterocycles. The number of ether oxygens (including phenoxy) is 2. The predicted octanol–water partition coefficient (Wildman–Crippen LogP) is 3.93. The maximum absolute atomic E-state index is 11.5. The first-order valence-electron chi connectivity index (χ1n) is 7.37. The average Bonchev–Trinajstić information content (AvgIpc) is 2.60. The second kappa shape index (κ2) is 5.16. The van der Waals surface area contributed by atoms with Crippen molar-refractivity contribution < 1.29 is 14.3 Å². The summed E-state index contributed by atoms with van der Waals surface area (Å²) in [5.74, 6) is 0. The fourth-order valence-electron chi connectivity index (χ4n) is 2.65. The molecule has 2 rings (SSSR count). The molecule has 1 radical (unpaired) electrons. The number of carbonyl (C=O) groups excluding carboxylic acids is 1. The van der Waals surface area contributed by atoms with Gasteiger partial charge in [-0.05, 0) is 30.4 Å². The zero-order valence-corrected chi connectivity index (χ0v) is 15.0. The van der Waals surface area contributed by atoms with E-state index in [0.717, 1.165) is 5.56 Å². The Morgan fingerprint density at radius 3 is 2.24 bits per heavy atom. The normalized spacial score (nSPS) is 21.3. The first-order chi connectivity index (χ1) is 9.52. The highest BCUT2D eigenvalue weighted by Gasteiger charge is 2.45.